The molecular weight excluding hydrogens is 458 g/mol. The molecule has 0 saturated carbocycles. The summed E-state index contributed by atoms with van der Waals surface area (Å²) in [7, 11) is -2.57. The molecule has 8 nitrogen and oxygen atoms in total. The van der Waals surface area contributed by atoms with Crippen LogP contribution in [0.4, 0.5) is 5.69 Å². The first kappa shape index (κ1) is 22.9. The van der Waals surface area contributed by atoms with Crippen molar-refractivity contribution in [2.45, 2.75) is 19.8 Å². The van der Waals surface area contributed by atoms with Gasteiger partial charge in [-0.2, -0.15) is 0 Å². The summed E-state index contributed by atoms with van der Waals surface area (Å²) >= 11 is 2.56. The standard InChI is InChI=1S/C20H19N3O5S3/c1-28-14-6-8-16(9-7-14)31(26,27)17-11-21-20(23-19(17)25)30-12-18(24)22-13-4-3-5-15(10-13)29-2/h3-11H,12H2,1-2H3,(H,22,24)(H,21,23,25). The highest BCUT2D eigenvalue weighted by molar-refractivity contribution is 7.99. The molecule has 31 heavy (non-hydrogen) atoms. The minimum absolute atomic E-state index is 0.00296. The zero-order valence-corrected chi connectivity index (χ0v) is 19.1. The predicted molar refractivity (Wildman–Crippen MR) is 121 cm³/mol. The Morgan fingerprint density at radius 2 is 1.94 bits per heavy atom. The van der Waals surface area contributed by atoms with Crippen LogP contribution in [-0.4, -0.2) is 43.4 Å². The molecule has 162 valence electrons. The van der Waals surface area contributed by atoms with E-state index in [2.05, 4.69) is 15.3 Å². The van der Waals surface area contributed by atoms with Crippen molar-refractivity contribution in [2.75, 3.05) is 24.4 Å². The van der Waals surface area contributed by atoms with E-state index >= 15 is 0 Å². The highest BCUT2D eigenvalue weighted by Gasteiger charge is 2.22. The first-order valence-corrected chi connectivity index (χ1v) is 12.6. The Bertz CT molecular complexity index is 1240. The van der Waals surface area contributed by atoms with Crippen molar-refractivity contribution < 1.29 is 17.9 Å². The number of rotatable bonds is 8. The number of nitrogens with zero attached hydrogens (tertiary/aromatic N) is 1. The molecule has 0 unspecified atom stereocenters. The van der Waals surface area contributed by atoms with Crippen molar-refractivity contribution in [1.29, 1.82) is 0 Å². The molecule has 3 aromatic rings. The van der Waals surface area contributed by atoms with Gasteiger partial charge >= 0.3 is 0 Å². The van der Waals surface area contributed by atoms with Crippen molar-refractivity contribution in [3.63, 3.8) is 0 Å². The van der Waals surface area contributed by atoms with E-state index in [0.717, 1.165) is 22.9 Å². The molecule has 0 radical (unpaired) electrons. The Kier molecular flexibility index (Phi) is 7.42. The molecule has 2 N–H and O–H groups in total. The van der Waals surface area contributed by atoms with Crippen molar-refractivity contribution in [3.05, 3.63) is 65.1 Å². The van der Waals surface area contributed by atoms with E-state index < -0.39 is 20.3 Å². The lowest BCUT2D eigenvalue weighted by Gasteiger charge is -2.07. The summed E-state index contributed by atoms with van der Waals surface area (Å²) in [5.41, 5.74) is -0.138. The van der Waals surface area contributed by atoms with Crippen LogP contribution in [0, 0.1) is 0 Å². The third-order valence-electron chi connectivity index (χ3n) is 4.10. The number of nitrogens with one attached hydrogen (secondary N) is 2. The molecule has 0 bridgehead atoms. The van der Waals surface area contributed by atoms with Crippen LogP contribution >= 0.6 is 23.5 Å². The molecule has 11 heteroatoms. The van der Waals surface area contributed by atoms with Gasteiger partial charge in [0.2, 0.25) is 15.7 Å². The van der Waals surface area contributed by atoms with Gasteiger partial charge in [0.05, 0.1) is 24.0 Å². The maximum absolute atomic E-state index is 12.7. The lowest BCUT2D eigenvalue weighted by molar-refractivity contribution is -0.113. The highest BCUT2D eigenvalue weighted by Crippen LogP contribution is 2.22. The second kappa shape index (κ2) is 10.0. The molecule has 3 rings (SSSR count). The van der Waals surface area contributed by atoms with Gasteiger partial charge in [0.15, 0.2) is 10.1 Å². The van der Waals surface area contributed by atoms with Gasteiger partial charge in [-0.3, -0.25) is 9.59 Å². The quantitative estimate of drug-likeness (QED) is 0.375. The Balaban J connectivity index is 1.68. The number of carbonyl (C=O) groups is 1. The monoisotopic (exact) mass is 477 g/mol. The van der Waals surface area contributed by atoms with Crippen LogP contribution in [0.3, 0.4) is 0 Å². The number of sulfone groups is 1. The molecule has 0 aliphatic rings. The van der Waals surface area contributed by atoms with Crippen LogP contribution < -0.4 is 15.6 Å². The third-order valence-corrected chi connectivity index (χ3v) is 7.47. The lowest BCUT2D eigenvalue weighted by atomic mass is 10.3. The third kappa shape index (κ3) is 5.69. The fourth-order valence-corrected chi connectivity index (χ4v) is 4.87. The minimum atomic E-state index is -4.04. The van der Waals surface area contributed by atoms with Crippen LogP contribution in [0.1, 0.15) is 0 Å². The van der Waals surface area contributed by atoms with Gasteiger partial charge in [0, 0.05) is 10.6 Å². The Hall–Kier alpha value is -2.76. The van der Waals surface area contributed by atoms with Crippen LogP contribution in [0.25, 0.3) is 0 Å². The van der Waals surface area contributed by atoms with E-state index in [0.29, 0.717) is 11.4 Å². The summed E-state index contributed by atoms with van der Waals surface area (Å²) in [6.45, 7) is 0. The second-order valence-corrected chi connectivity index (χ2v) is 9.89. The zero-order valence-electron chi connectivity index (χ0n) is 16.6. The number of methoxy groups -OCH3 is 1. The van der Waals surface area contributed by atoms with Gasteiger partial charge in [-0.05, 0) is 48.7 Å². The fraction of sp³-hybridized carbons (Fsp3) is 0.150. The van der Waals surface area contributed by atoms with Gasteiger partial charge in [-0.15, -0.1) is 11.8 Å². The Morgan fingerprint density at radius 3 is 2.58 bits per heavy atom. The number of anilines is 1. The highest BCUT2D eigenvalue weighted by atomic mass is 32.2. The molecule has 0 saturated heterocycles. The summed E-state index contributed by atoms with van der Waals surface area (Å²) in [5.74, 6) is 0.216. The number of hydrogen-bond donors (Lipinski definition) is 2. The number of aromatic amines is 1. The van der Waals surface area contributed by atoms with Crippen LogP contribution in [0.2, 0.25) is 0 Å². The van der Waals surface area contributed by atoms with Crippen LogP contribution in [0.5, 0.6) is 5.75 Å². The second-order valence-electron chi connectivity index (χ2n) is 6.13. The lowest BCUT2D eigenvalue weighted by Crippen LogP contribution is -2.20. The van der Waals surface area contributed by atoms with Gasteiger partial charge in [0.25, 0.3) is 5.56 Å². The minimum Gasteiger partial charge on any atom is -0.497 e. The molecule has 1 aromatic heterocycles. The maximum Gasteiger partial charge on any atom is 0.270 e. The largest absolute Gasteiger partial charge is 0.497 e. The number of benzene rings is 2. The van der Waals surface area contributed by atoms with Crippen molar-refractivity contribution >= 4 is 45.0 Å². The molecule has 0 aliphatic carbocycles. The maximum atomic E-state index is 12.7. The normalized spacial score (nSPS) is 11.2. The molecular formula is C20H19N3O5S3. The first-order chi connectivity index (χ1) is 14.8. The number of hydrogen-bond acceptors (Lipinski definition) is 8. The summed E-state index contributed by atoms with van der Waals surface area (Å²) < 4.78 is 30.4. The van der Waals surface area contributed by atoms with E-state index in [1.54, 1.807) is 17.8 Å². The van der Waals surface area contributed by atoms with Crippen molar-refractivity contribution in [1.82, 2.24) is 9.97 Å². The molecule has 2 aromatic carbocycles. The number of ether oxygens (including phenoxy) is 1. The van der Waals surface area contributed by atoms with E-state index in [4.69, 9.17) is 4.74 Å². The van der Waals surface area contributed by atoms with E-state index in [9.17, 15) is 18.0 Å². The first-order valence-electron chi connectivity index (χ1n) is 8.88. The molecule has 1 heterocycles. The molecule has 0 spiro atoms. The number of thioether (sulfide) groups is 2. The van der Waals surface area contributed by atoms with E-state index in [1.165, 1.54) is 31.4 Å². The van der Waals surface area contributed by atoms with Gasteiger partial charge < -0.3 is 15.0 Å². The number of aromatic nitrogens is 2. The summed E-state index contributed by atoms with van der Waals surface area (Å²) in [5, 5.41) is 2.91. The topological polar surface area (TPSA) is 118 Å². The summed E-state index contributed by atoms with van der Waals surface area (Å²) in [6, 6.07) is 13.1. The van der Waals surface area contributed by atoms with Crippen molar-refractivity contribution in [2.24, 2.45) is 0 Å². The van der Waals surface area contributed by atoms with Gasteiger partial charge in [0.1, 0.15) is 5.75 Å². The zero-order chi connectivity index (χ0) is 22.4. The SMILES string of the molecule is COc1ccc(S(=O)(=O)c2cnc(SCC(=O)Nc3cccc(SC)c3)[nH]c2=O)cc1. The van der Waals surface area contributed by atoms with E-state index in [1.807, 2.05) is 24.5 Å². The predicted octanol–water partition coefficient (Wildman–Crippen LogP) is 3.06. The molecule has 0 atom stereocenters. The average Bonchev–Trinajstić information content (AvgIpc) is 2.77. The fourth-order valence-electron chi connectivity index (χ4n) is 2.55. The molecule has 0 aliphatic heterocycles. The summed E-state index contributed by atoms with van der Waals surface area (Å²) in [4.78, 5) is 31.5. The van der Waals surface area contributed by atoms with Gasteiger partial charge in [-0.1, -0.05) is 17.8 Å². The number of H-pyrrole nitrogens is 1. The Labute approximate surface area is 187 Å². The Morgan fingerprint density at radius 1 is 1.19 bits per heavy atom. The van der Waals surface area contributed by atoms with Gasteiger partial charge in [-0.25, -0.2) is 13.4 Å². The van der Waals surface area contributed by atoms with Crippen molar-refractivity contribution in [3.8, 4) is 5.75 Å². The molecule has 0 fully saturated rings. The number of carbonyl (C=O) groups excluding carboxylic acids is 1. The average molecular weight is 478 g/mol. The number of amides is 1. The van der Waals surface area contributed by atoms with Crippen LogP contribution in [-0.2, 0) is 14.6 Å². The molecule has 1 amide bonds. The van der Waals surface area contributed by atoms with Crippen LogP contribution in [0.15, 0.2) is 79.4 Å². The smallest absolute Gasteiger partial charge is 0.270 e. The summed E-state index contributed by atoms with van der Waals surface area (Å²) in [6.07, 6.45) is 2.94. The van der Waals surface area contributed by atoms with E-state index in [-0.39, 0.29) is 21.7 Å².